The van der Waals surface area contributed by atoms with Crippen LogP contribution in [0.3, 0.4) is 0 Å². The van der Waals surface area contributed by atoms with Gasteiger partial charge in [-0.15, -0.1) is 0 Å². The fourth-order valence-electron chi connectivity index (χ4n) is 11.3. The molecule has 0 fully saturated rings. The molecule has 28 heteroatoms. The summed E-state index contributed by atoms with van der Waals surface area (Å²) in [6.07, 6.45) is 18.2. The predicted octanol–water partition coefficient (Wildman–Crippen LogP) is 11.6. The minimum atomic E-state index is -4.02. The number of aryl methyl sites for hydroxylation is 1. The van der Waals surface area contributed by atoms with Crippen LogP contribution in [0.2, 0.25) is 0 Å². The zero-order chi connectivity index (χ0) is 78.0. The first-order valence-corrected chi connectivity index (χ1v) is 39.8. The van der Waals surface area contributed by atoms with E-state index in [1.807, 2.05) is 13.8 Å². The first-order chi connectivity index (χ1) is 51.1. The summed E-state index contributed by atoms with van der Waals surface area (Å²) >= 11 is 0. The molecule has 3 aliphatic rings. The average Bonchev–Trinajstić information content (AvgIpc) is 1.16. The van der Waals surface area contributed by atoms with Crippen molar-refractivity contribution in [2.45, 2.75) is 281 Å². The van der Waals surface area contributed by atoms with Gasteiger partial charge in [0.05, 0.1) is 133 Å². The van der Waals surface area contributed by atoms with E-state index in [9.17, 15) is 42.5 Å². The molecule has 616 valence electrons. The number of rotatable bonds is 66. The average molecular weight is 1540 g/mol. The highest BCUT2D eigenvalue weighted by atomic mass is 32.2. The highest BCUT2D eigenvalue weighted by Crippen LogP contribution is 2.28. The van der Waals surface area contributed by atoms with Gasteiger partial charge in [0.1, 0.15) is 51.7 Å². The summed E-state index contributed by atoms with van der Waals surface area (Å²) in [5.74, 6) is -1.17. The minimum Gasteiger partial charge on any atom is -0.455 e. The number of aliphatic hydroxyl groups excluding tert-OH is 3. The van der Waals surface area contributed by atoms with Crippen LogP contribution < -0.4 is 0 Å². The molecule has 0 spiro atoms. The van der Waals surface area contributed by atoms with Gasteiger partial charge < -0.3 is 95.8 Å². The van der Waals surface area contributed by atoms with Gasteiger partial charge >= 0.3 is 17.9 Å². The van der Waals surface area contributed by atoms with Gasteiger partial charge in [0.15, 0.2) is 0 Å². The topological polar surface area (TPSA) is 312 Å². The van der Waals surface area contributed by atoms with Crippen LogP contribution in [0.25, 0.3) is 0 Å². The third-order valence-electron chi connectivity index (χ3n) is 17.1. The molecule has 106 heavy (non-hydrogen) atoms. The second-order valence-electron chi connectivity index (χ2n) is 27.1. The van der Waals surface area contributed by atoms with Crippen molar-refractivity contribution < 1.29 is 127 Å². The van der Waals surface area contributed by atoms with Crippen LogP contribution in [0.4, 0.5) is 4.39 Å². The summed E-state index contributed by atoms with van der Waals surface area (Å²) in [5, 5.41) is 29.7. The zero-order valence-electron chi connectivity index (χ0n) is 65.8. The Bertz CT molecular complexity index is 2560. The van der Waals surface area contributed by atoms with Crippen molar-refractivity contribution in [3.63, 3.8) is 0 Å². The maximum atomic E-state index is 14.0. The summed E-state index contributed by atoms with van der Waals surface area (Å²) in [7, 11) is 2.35. The molecule has 3 N–H and O–H groups in total. The van der Waals surface area contributed by atoms with Crippen LogP contribution in [-0.4, -0.2) is 250 Å². The number of unbranched alkanes of at least 4 members (excludes halogenated alkanes) is 6. The largest absolute Gasteiger partial charge is 0.455 e. The molecular weight excluding hydrogens is 1400 g/mol. The highest BCUT2D eigenvalue weighted by Gasteiger charge is 2.30. The molecule has 3 heterocycles. The van der Waals surface area contributed by atoms with E-state index in [0.29, 0.717) is 147 Å². The monoisotopic (exact) mass is 1540 g/mol. The second-order valence-corrected chi connectivity index (χ2v) is 28.6. The lowest BCUT2D eigenvalue weighted by atomic mass is 10.0. The smallest absolute Gasteiger partial charge is 0.334 e. The van der Waals surface area contributed by atoms with Crippen molar-refractivity contribution >= 4 is 28.0 Å². The number of carbonyl (C=O) groups is 3. The Morgan fingerprint density at radius 1 is 0.406 bits per heavy atom. The van der Waals surface area contributed by atoms with Crippen LogP contribution in [0.5, 0.6) is 0 Å². The van der Waals surface area contributed by atoms with E-state index in [1.54, 1.807) is 72.6 Å². The number of ether oxygens (including phenoxy) is 17. The molecule has 0 aromatic heterocycles. The van der Waals surface area contributed by atoms with Gasteiger partial charge in [-0.05, 0) is 116 Å². The Kier molecular flexibility index (Phi) is 58.0. The van der Waals surface area contributed by atoms with Gasteiger partial charge in [-0.2, -0.15) is 8.42 Å². The molecule has 0 bridgehead atoms. The first kappa shape index (κ1) is 98.1. The Morgan fingerprint density at radius 2 is 0.708 bits per heavy atom. The number of methoxy groups -OCH3 is 4. The lowest BCUT2D eigenvalue weighted by Gasteiger charge is -2.20. The highest BCUT2D eigenvalue weighted by molar-refractivity contribution is 7.86. The number of carbonyl (C=O) groups excluding carboxylic acids is 3. The van der Waals surface area contributed by atoms with E-state index in [1.165, 1.54) is 12.1 Å². The van der Waals surface area contributed by atoms with E-state index in [4.69, 9.17) is 84.7 Å². The van der Waals surface area contributed by atoms with Gasteiger partial charge in [0.2, 0.25) is 0 Å². The molecule has 12 atom stereocenters. The summed E-state index contributed by atoms with van der Waals surface area (Å²) in [6, 6.07) is 6.49. The van der Waals surface area contributed by atoms with E-state index in [-0.39, 0.29) is 100 Å². The van der Waals surface area contributed by atoms with Gasteiger partial charge in [0, 0.05) is 64.4 Å². The number of aliphatic hydroxyl groups is 3. The van der Waals surface area contributed by atoms with Crippen molar-refractivity contribution in [1.29, 1.82) is 0 Å². The molecule has 9 unspecified atom stereocenters. The summed E-state index contributed by atoms with van der Waals surface area (Å²) in [4.78, 5) is 35.4. The quantitative estimate of drug-likeness (QED) is 0.0179. The molecule has 3 aliphatic heterocycles. The molecule has 1 aromatic rings. The van der Waals surface area contributed by atoms with Crippen molar-refractivity contribution in [2.24, 2.45) is 0 Å². The molecular formula is C78H135FO26S. The third-order valence-corrected chi connectivity index (χ3v) is 18.5. The van der Waals surface area contributed by atoms with Crippen molar-refractivity contribution in [3.05, 3.63) is 64.8 Å². The fraction of sp³-hybridized carbons (Fsp3) is 0.808. The molecule has 0 radical (unpaired) electrons. The van der Waals surface area contributed by atoms with E-state index in [0.717, 1.165) is 89.0 Å². The Morgan fingerprint density at radius 3 is 1.07 bits per heavy atom. The number of hydrogen-bond acceptors (Lipinski definition) is 26. The molecule has 4 rings (SSSR count). The maximum absolute atomic E-state index is 14.0. The molecule has 1 aromatic carbocycles. The summed E-state index contributed by atoms with van der Waals surface area (Å²) < 4.78 is 138. The van der Waals surface area contributed by atoms with Crippen LogP contribution in [0.1, 0.15) is 201 Å². The van der Waals surface area contributed by atoms with Crippen LogP contribution in [0, 0.1) is 6.92 Å². The van der Waals surface area contributed by atoms with Crippen molar-refractivity contribution in [3.8, 4) is 0 Å². The van der Waals surface area contributed by atoms with Gasteiger partial charge in [0.25, 0.3) is 10.1 Å². The SMILES string of the molecule is CCCCC(COCCOCC(CCCCC(CC1=C[C@H](C)OC1=O)OS(=O)(=O)c1ccc(C)cc1)OCOC)OCOC.CCCCC(COCCOCC(CCCCC(O)CC1=C[C@H](C)OC1=O)OCOC)OCOC.CCCCC(O)COCCOCC(O)CCCCC([18F])CC1=C[C@H](C)OC1=O. The van der Waals surface area contributed by atoms with E-state index >= 15 is 0 Å². The van der Waals surface area contributed by atoms with Crippen LogP contribution >= 0.6 is 0 Å². The number of benzene rings is 1. The summed E-state index contributed by atoms with van der Waals surface area (Å²) in [6.45, 7) is 19.3. The maximum Gasteiger partial charge on any atom is 0.334 e. The van der Waals surface area contributed by atoms with Gasteiger partial charge in [-0.1, -0.05) is 116 Å². The number of esters is 3. The lowest BCUT2D eigenvalue weighted by Crippen LogP contribution is -2.25. The number of cyclic esters (lactones) is 3. The van der Waals surface area contributed by atoms with E-state index in [2.05, 4.69) is 20.8 Å². The normalized spacial score (nSPS) is 18.4. The molecule has 0 amide bonds. The predicted molar refractivity (Wildman–Crippen MR) is 397 cm³/mol. The fourth-order valence-corrected chi connectivity index (χ4v) is 12.4. The van der Waals surface area contributed by atoms with Crippen molar-refractivity contribution in [2.75, 3.05) is 135 Å². The Balaban J connectivity index is 0.000000555. The number of halogens is 1. The number of hydrogen-bond donors (Lipinski definition) is 3. The van der Waals surface area contributed by atoms with Crippen molar-refractivity contribution in [1.82, 2.24) is 0 Å². The molecule has 0 saturated heterocycles. The van der Waals surface area contributed by atoms with Gasteiger partial charge in [-0.25, -0.2) is 18.8 Å². The Labute approximate surface area is 633 Å². The molecule has 26 nitrogen and oxygen atoms in total. The Hall–Kier alpha value is -3.99. The zero-order valence-corrected chi connectivity index (χ0v) is 66.6. The third kappa shape index (κ3) is 49.3. The standard InChI is InChI=1S/C32H52O11S.C25H46O9.C21H37FO6/c1-6-7-10-29(40-23-36-4)21-38-17-18-39-22-30(41-24-37-5)12-9-8-11-28(20-27-19-26(3)42-32(27)33)43-44(34,35)31-15-13-25(2)14-16-31;1-5-6-10-23(32-18-28-3)16-30-12-13-31-17-24(33-19-29-4)11-8-7-9-22(26)15-21-14-20(2)34-25(21)27;1-3-4-8-19(23)14-26-10-11-27-15-20(24)9-6-5-7-18(22)13-17-12-16(2)28-21(17)25/h13-16,19,26,28-30H,6-12,17-18,20-24H2,1-5H3;14,20,22-24,26H,5-13,15-19H2,1-4H3;12,16,18-20,23-24H,3-11,13-15H2,1-2H3/t26-,28?,29?,30?;20-,22?,23?,24?;16-,18?,19?,20?/m000/s1/i;;22-1. The van der Waals surface area contributed by atoms with Crippen LogP contribution in [-0.2, 0) is 109 Å². The number of alkyl halides is 1. The van der Waals surface area contributed by atoms with Crippen LogP contribution in [0.15, 0.2) is 64.1 Å². The lowest BCUT2D eigenvalue weighted by molar-refractivity contribution is -0.140. The second kappa shape index (κ2) is 62.6. The van der Waals surface area contributed by atoms with Gasteiger partial charge in [-0.3, -0.25) is 4.18 Å². The summed E-state index contributed by atoms with van der Waals surface area (Å²) in [5.41, 5.74) is 2.37. The molecule has 0 saturated carbocycles. The molecule has 0 aliphatic carbocycles. The first-order valence-electron chi connectivity index (χ1n) is 38.4. The minimum absolute atomic E-state index is 0.00799. The van der Waals surface area contributed by atoms with E-state index < -0.39 is 52.6 Å².